The molecule has 0 bridgehead atoms. The summed E-state index contributed by atoms with van der Waals surface area (Å²) in [6.45, 7) is 1.74. The Morgan fingerprint density at radius 1 is 1.36 bits per heavy atom. The van der Waals surface area contributed by atoms with Gasteiger partial charge in [-0.15, -0.1) is 6.42 Å². The largest absolute Gasteiger partial charge is 0.497 e. The first-order valence-electron chi connectivity index (χ1n) is 8.08. The summed E-state index contributed by atoms with van der Waals surface area (Å²) in [5, 5.41) is 5.82. The Balaban J connectivity index is 2.04. The zero-order chi connectivity index (χ0) is 20.5. The number of benzene rings is 1. The van der Waals surface area contributed by atoms with Crippen LogP contribution < -0.4 is 10.1 Å². The van der Waals surface area contributed by atoms with Crippen LogP contribution in [0.15, 0.2) is 36.5 Å². The van der Waals surface area contributed by atoms with E-state index in [9.17, 15) is 18.0 Å². The van der Waals surface area contributed by atoms with Crippen LogP contribution in [-0.4, -0.2) is 39.8 Å². The standard InChI is InChI=1S/C19H15F3N4O2/c1-4-16(19(20,21)22)25-18(27)14-10-23-26-11(2)8-15(24-17(14)26)12-6-5-7-13(9-12)28-3/h1,5-10,16H,2-3H3,(H,25,27). The first-order chi connectivity index (χ1) is 13.2. The number of carbonyl (C=O) groups is 1. The summed E-state index contributed by atoms with van der Waals surface area (Å²) < 4.78 is 45.1. The maximum absolute atomic E-state index is 12.9. The minimum Gasteiger partial charge on any atom is -0.497 e. The minimum absolute atomic E-state index is 0.114. The van der Waals surface area contributed by atoms with Crippen LogP contribution in [0.25, 0.3) is 16.9 Å². The molecule has 6 nitrogen and oxygen atoms in total. The lowest BCUT2D eigenvalue weighted by Gasteiger charge is -2.15. The molecule has 0 aliphatic heterocycles. The summed E-state index contributed by atoms with van der Waals surface area (Å²) in [5.41, 5.74) is 1.88. The van der Waals surface area contributed by atoms with Gasteiger partial charge in [-0.05, 0) is 25.1 Å². The van der Waals surface area contributed by atoms with Crippen molar-refractivity contribution in [2.45, 2.75) is 19.1 Å². The van der Waals surface area contributed by atoms with E-state index in [1.165, 1.54) is 17.5 Å². The molecule has 1 atom stereocenters. The van der Waals surface area contributed by atoms with Gasteiger partial charge in [-0.3, -0.25) is 4.79 Å². The molecule has 2 heterocycles. The third kappa shape index (κ3) is 3.62. The van der Waals surface area contributed by atoms with Crippen LogP contribution >= 0.6 is 0 Å². The van der Waals surface area contributed by atoms with Gasteiger partial charge in [-0.1, -0.05) is 18.1 Å². The van der Waals surface area contributed by atoms with Crippen LogP contribution in [0.1, 0.15) is 16.1 Å². The van der Waals surface area contributed by atoms with Crippen molar-refractivity contribution in [3.8, 4) is 29.4 Å². The number of terminal acetylenes is 1. The molecule has 1 unspecified atom stereocenters. The van der Waals surface area contributed by atoms with E-state index >= 15 is 0 Å². The predicted molar refractivity (Wildman–Crippen MR) is 95.9 cm³/mol. The molecule has 0 aliphatic rings. The molecular formula is C19H15F3N4O2. The van der Waals surface area contributed by atoms with E-state index in [1.807, 2.05) is 0 Å². The average molecular weight is 388 g/mol. The number of hydrogen-bond donors (Lipinski definition) is 1. The van der Waals surface area contributed by atoms with Crippen molar-refractivity contribution in [1.82, 2.24) is 19.9 Å². The van der Waals surface area contributed by atoms with Crippen LogP contribution in [0.2, 0.25) is 0 Å². The van der Waals surface area contributed by atoms with Gasteiger partial charge in [0.2, 0.25) is 0 Å². The molecule has 1 N–H and O–H groups in total. The molecule has 1 aromatic carbocycles. The summed E-state index contributed by atoms with van der Waals surface area (Å²) >= 11 is 0. The van der Waals surface area contributed by atoms with Gasteiger partial charge in [0.1, 0.15) is 11.3 Å². The topological polar surface area (TPSA) is 68.5 Å². The number of nitrogens with one attached hydrogen (secondary N) is 1. The van der Waals surface area contributed by atoms with Gasteiger partial charge < -0.3 is 10.1 Å². The number of halogens is 3. The highest BCUT2D eigenvalue weighted by molar-refractivity contribution is 6.00. The molecule has 0 radical (unpaired) electrons. The molecule has 2 aromatic heterocycles. The maximum atomic E-state index is 12.9. The van der Waals surface area contributed by atoms with Gasteiger partial charge in [-0.25, -0.2) is 9.50 Å². The van der Waals surface area contributed by atoms with Gasteiger partial charge in [0, 0.05) is 11.3 Å². The van der Waals surface area contributed by atoms with Crippen molar-refractivity contribution in [1.29, 1.82) is 0 Å². The van der Waals surface area contributed by atoms with Crippen molar-refractivity contribution >= 4 is 11.6 Å². The number of alkyl halides is 3. The van der Waals surface area contributed by atoms with Gasteiger partial charge >= 0.3 is 6.18 Å². The molecule has 1 amide bonds. The summed E-state index contributed by atoms with van der Waals surface area (Å²) in [6, 6.07) is 6.44. The number of aryl methyl sites for hydroxylation is 1. The first-order valence-corrected chi connectivity index (χ1v) is 8.08. The number of ether oxygens (including phenoxy) is 1. The van der Waals surface area contributed by atoms with Crippen molar-refractivity contribution < 1.29 is 22.7 Å². The first kappa shape index (κ1) is 19.2. The number of amides is 1. The molecule has 0 spiro atoms. The smallest absolute Gasteiger partial charge is 0.420 e. The van der Waals surface area contributed by atoms with Gasteiger partial charge in [-0.2, -0.15) is 18.3 Å². The van der Waals surface area contributed by atoms with Crippen LogP contribution in [0.4, 0.5) is 13.2 Å². The zero-order valence-electron chi connectivity index (χ0n) is 14.9. The molecule has 0 saturated heterocycles. The van der Waals surface area contributed by atoms with Crippen molar-refractivity contribution in [2.24, 2.45) is 0 Å². The van der Waals surface area contributed by atoms with Gasteiger partial charge in [0.05, 0.1) is 19.0 Å². The highest BCUT2D eigenvalue weighted by Gasteiger charge is 2.40. The number of aromatic nitrogens is 3. The Morgan fingerprint density at radius 3 is 2.75 bits per heavy atom. The lowest BCUT2D eigenvalue weighted by molar-refractivity contribution is -0.140. The highest BCUT2D eigenvalue weighted by atomic mass is 19.4. The maximum Gasteiger partial charge on any atom is 0.420 e. The van der Waals surface area contributed by atoms with E-state index in [-0.39, 0.29) is 11.2 Å². The second kappa shape index (κ2) is 7.23. The lowest BCUT2D eigenvalue weighted by atomic mass is 10.1. The van der Waals surface area contributed by atoms with Gasteiger partial charge in [0.15, 0.2) is 11.7 Å². The normalized spacial score (nSPS) is 12.4. The number of nitrogens with zero attached hydrogens (tertiary/aromatic N) is 3. The molecule has 0 fully saturated rings. The molecule has 9 heteroatoms. The summed E-state index contributed by atoms with van der Waals surface area (Å²) in [5.74, 6) is 1.13. The molecule has 0 aliphatic carbocycles. The molecule has 28 heavy (non-hydrogen) atoms. The second-order valence-corrected chi connectivity index (χ2v) is 5.92. The van der Waals surface area contributed by atoms with Crippen molar-refractivity contribution in [3.63, 3.8) is 0 Å². The van der Waals surface area contributed by atoms with E-state index in [1.54, 1.807) is 42.6 Å². The Labute approximate surface area is 158 Å². The molecule has 144 valence electrons. The monoisotopic (exact) mass is 388 g/mol. The number of fused-ring (bicyclic) bond motifs is 1. The second-order valence-electron chi connectivity index (χ2n) is 5.92. The van der Waals surface area contributed by atoms with Crippen molar-refractivity contribution in [3.05, 3.63) is 47.8 Å². The molecular weight excluding hydrogens is 373 g/mol. The number of rotatable bonds is 4. The van der Waals surface area contributed by atoms with Crippen molar-refractivity contribution in [2.75, 3.05) is 7.11 Å². The summed E-state index contributed by atoms with van der Waals surface area (Å²) in [4.78, 5) is 16.8. The average Bonchev–Trinajstić information content (AvgIpc) is 3.09. The Kier molecular flexibility index (Phi) is 4.96. The van der Waals surface area contributed by atoms with E-state index in [4.69, 9.17) is 11.2 Å². The number of carbonyl (C=O) groups excluding carboxylic acids is 1. The fourth-order valence-corrected chi connectivity index (χ4v) is 2.63. The Bertz CT molecular complexity index is 1080. The zero-order valence-corrected chi connectivity index (χ0v) is 14.9. The van der Waals surface area contributed by atoms with Crippen LogP contribution in [0.3, 0.4) is 0 Å². The Hall–Kier alpha value is -3.54. The van der Waals surface area contributed by atoms with Crippen LogP contribution in [-0.2, 0) is 0 Å². The van der Waals surface area contributed by atoms with E-state index < -0.39 is 18.1 Å². The van der Waals surface area contributed by atoms with Gasteiger partial charge in [0.25, 0.3) is 5.91 Å². The predicted octanol–water partition coefficient (Wildman–Crippen LogP) is 3.01. The molecule has 0 saturated carbocycles. The SMILES string of the molecule is C#CC(NC(=O)c1cnn2c(C)cc(-c3cccc(OC)c3)nc12)C(F)(F)F. The lowest BCUT2D eigenvalue weighted by Crippen LogP contribution is -2.44. The summed E-state index contributed by atoms with van der Waals surface area (Å²) in [7, 11) is 1.53. The van der Waals surface area contributed by atoms with E-state index in [2.05, 4.69) is 10.1 Å². The fourth-order valence-electron chi connectivity index (χ4n) is 2.63. The molecule has 3 aromatic rings. The van der Waals surface area contributed by atoms with Crippen LogP contribution in [0, 0.1) is 19.3 Å². The highest BCUT2D eigenvalue weighted by Crippen LogP contribution is 2.25. The molecule has 3 rings (SSSR count). The van der Waals surface area contributed by atoms with Crippen LogP contribution in [0.5, 0.6) is 5.75 Å². The fraction of sp³-hybridized carbons (Fsp3) is 0.211. The third-order valence-electron chi connectivity index (χ3n) is 4.03. The Morgan fingerprint density at radius 2 is 2.11 bits per heavy atom. The quantitative estimate of drug-likeness (QED) is 0.698. The summed E-state index contributed by atoms with van der Waals surface area (Å²) in [6.07, 6.45) is 1.29. The minimum atomic E-state index is -4.76. The van der Waals surface area contributed by atoms with E-state index in [0.717, 1.165) is 6.20 Å². The number of hydrogen-bond acceptors (Lipinski definition) is 4. The number of methoxy groups -OCH3 is 1. The van der Waals surface area contributed by atoms with E-state index in [0.29, 0.717) is 22.7 Å². The third-order valence-corrected chi connectivity index (χ3v) is 4.03.